The summed E-state index contributed by atoms with van der Waals surface area (Å²) in [6.07, 6.45) is 3.67. The fourth-order valence-corrected chi connectivity index (χ4v) is 1.24. The number of hydrogen-bond donors (Lipinski definition) is 1. The van der Waals surface area contributed by atoms with Crippen molar-refractivity contribution >= 4 is 5.91 Å². The van der Waals surface area contributed by atoms with Crippen LogP contribution in [0.5, 0.6) is 0 Å². The zero-order chi connectivity index (χ0) is 12.2. The quantitative estimate of drug-likeness (QED) is 0.821. The summed E-state index contributed by atoms with van der Waals surface area (Å²) in [6, 6.07) is 3.67. The Morgan fingerprint density at radius 3 is 2.75 bits per heavy atom. The molecular formula is C12H18N2O2. The molecule has 4 heteroatoms. The van der Waals surface area contributed by atoms with Crippen LogP contribution >= 0.6 is 0 Å². The number of carbonyl (C=O) groups is 1. The van der Waals surface area contributed by atoms with Crippen molar-refractivity contribution in [1.82, 2.24) is 9.88 Å². The molecule has 0 saturated carbocycles. The highest BCUT2D eigenvalue weighted by Gasteiger charge is 2.26. The molecule has 4 nitrogen and oxygen atoms in total. The molecule has 16 heavy (non-hydrogen) atoms. The highest BCUT2D eigenvalue weighted by atomic mass is 16.3. The molecule has 0 aromatic carbocycles. The largest absolute Gasteiger partial charge is 0.394 e. The number of hydrogen-bond acceptors (Lipinski definition) is 3. The normalized spacial score (nSPS) is 11.2. The van der Waals surface area contributed by atoms with E-state index in [1.54, 1.807) is 30.4 Å². The van der Waals surface area contributed by atoms with Crippen LogP contribution in [0.3, 0.4) is 0 Å². The zero-order valence-corrected chi connectivity index (χ0v) is 9.97. The fraction of sp³-hybridized carbons (Fsp3) is 0.500. The Kier molecular flexibility index (Phi) is 4.01. The summed E-state index contributed by atoms with van der Waals surface area (Å²) in [5, 5.41) is 9.17. The van der Waals surface area contributed by atoms with Crippen molar-refractivity contribution in [3.63, 3.8) is 0 Å². The maximum absolute atomic E-state index is 11.9. The first kappa shape index (κ1) is 12.6. The van der Waals surface area contributed by atoms with E-state index in [0.717, 1.165) is 5.56 Å². The Morgan fingerprint density at radius 2 is 2.25 bits per heavy atom. The number of likely N-dealkylation sites (N-methyl/N-ethyl adjacent to an activating group) is 1. The van der Waals surface area contributed by atoms with Gasteiger partial charge in [-0.3, -0.25) is 9.78 Å². The van der Waals surface area contributed by atoms with Crippen LogP contribution in [0.1, 0.15) is 19.4 Å². The summed E-state index contributed by atoms with van der Waals surface area (Å²) in [5.41, 5.74) is 0.354. The summed E-state index contributed by atoms with van der Waals surface area (Å²) in [5.74, 6) is -0.0212. The van der Waals surface area contributed by atoms with E-state index in [4.69, 9.17) is 0 Å². The molecule has 1 aromatic heterocycles. The standard InChI is InChI=1S/C12H18N2O2/c1-12(2,9-15)14(3)11(16)7-10-5-4-6-13-8-10/h4-6,8,15H,7,9H2,1-3H3. The van der Waals surface area contributed by atoms with Crippen molar-refractivity contribution in [3.8, 4) is 0 Å². The Bertz CT molecular complexity index is 349. The van der Waals surface area contributed by atoms with E-state index >= 15 is 0 Å². The summed E-state index contributed by atoms with van der Waals surface area (Å²) >= 11 is 0. The van der Waals surface area contributed by atoms with Crippen LogP contribution in [-0.2, 0) is 11.2 Å². The molecule has 0 bridgehead atoms. The van der Waals surface area contributed by atoms with Crippen LogP contribution in [0.4, 0.5) is 0 Å². The minimum absolute atomic E-state index is 0.0212. The highest BCUT2D eigenvalue weighted by molar-refractivity contribution is 5.79. The summed E-state index contributed by atoms with van der Waals surface area (Å²) in [4.78, 5) is 17.4. The molecule has 0 unspecified atom stereocenters. The van der Waals surface area contributed by atoms with Gasteiger partial charge in [0.2, 0.25) is 5.91 Å². The van der Waals surface area contributed by atoms with E-state index in [1.165, 1.54) is 0 Å². The topological polar surface area (TPSA) is 53.4 Å². The number of aromatic nitrogens is 1. The van der Waals surface area contributed by atoms with Gasteiger partial charge in [-0.2, -0.15) is 0 Å². The number of pyridine rings is 1. The van der Waals surface area contributed by atoms with E-state index < -0.39 is 5.54 Å². The van der Waals surface area contributed by atoms with Crippen molar-refractivity contribution in [2.45, 2.75) is 25.8 Å². The average molecular weight is 222 g/mol. The Labute approximate surface area is 95.9 Å². The molecule has 0 fully saturated rings. The SMILES string of the molecule is CN(C(=O)Cc1cccnc1)C(C)(C)CO. The average Bonchev–Trinajstić information content (AvgIpc) is 2.29. The highest BCUT2D eigenvalue weighted by Crippen LogP contribution is 2.12. The molecule has 1 amide bonds. The molecular weight excluding hydrogens is 204 g/mol. The van der Waals surface area contributed by atoms with Gasteiger partial charge in [0.1, 0.15) is 0 Å². The molecule has 0 aliphatic carbocycles. The number of rotatable bonds is 4. The van der Waals surface area contributed by atoms with Crippen molar-refractivity contribution in [1.29, 1.82) is 0 Å². The second kappa shape index (κ2) is 5.07. The number of aliphatic hydroxyl groups is 1. The minimum atomic E-state index is -0.528. The zero-order valence-electron chi connectivity index (χ0n) is 9.97. The first-order valence-electron chi connectivity index (χ1n) is 5.24. The van der Waals surface area contributed by atoms with Gasteiger partial charge in [-0.1, -0.05) is 6.07 Å². The van der Waals surface area contributed by atoms with E-state index in [-0.39, 0.29) is 12.5 Å². The predicted molar refractivity (Wildman–Crippen MR) is 61.9 cm³/mol. The lowest BCUT2D eigenvalue weighted by molar-refractivity contribution is -0.135. The lowest BCUT2D eigenvalue weighted by Gasteiger charge is -2.34. The smallest absolute Gasteiger partial charge is 0.227 e. The van der Waals surface area contributed by atoms with Crippen molar-refractivity contribution in [2.24, 2.45) is 0 Å². The van der Waals surface area contributed by atoms with Gasteiger partial charge in [0.25, 0.3) is 0 Å². The van der Waals surface area contributed by atoms with Crippen molar-refractivity contribution < 1.29 is 9.90 Å². The third-order valence-electron chi connectivity index (χ3n) is 2.75. The van der Waals surface area contributed by atoms with E-state index in [2.05, 4.69) is 4.98 Å². The van der Waals surface area contributed by atoms with Gasteiger partial charge < -0.3 is 10.0 Å². The minimum Gasteiger partial charge on any atom is -0.394 e. The number of aliphatic hydroxyl groups excluding tert-OH is 1. The third-order valence-corrected chi connectivity index (χ3v) is 2.75. The molecule has 0 radical (unpaired) electrons. The second-order valence-electron chi connectivity index (χ2n) is 4.46. The van der Waals surface area contributed by atoms with Gasteiger partial charge >= 0.3 is 0 Å². The Balaban J connectivity index is 2.66. The van der Waals surface area contributed by atoms with Gasteiger partial charge in [-0.15, -0.1) is 0 Å². The lowest BCUT2D eigenvalue weighted by Crippen LogP contribution is -2.48. The van der Waals surface area contributed by atoms with Crippen LogP contribution in [0, 0.1) is 0 Å². The summed E-state index contributed by atoms with van der Waals surface area (Å²) in [7, 11) is 1.70. The molecule has 88 valence electrons. The van der Waals surface area contributed by atoms with E-state index in [9.17, 15) is 9.90 Å². The molecule has 1 N–H and O–H groups in total. The van der Waals surface area contributed by atoms with Gasteiger partial charge in [-0.05, 0) is 25.5 Å². The maximum atomic E-state index is 11.9. The lowest BCUT2D eigenvalue weighted by atomic mass is 10.0. The second-order valence-corrected chi connectivity index (χ2v) is 4.46. The molecule has 0 spiro atoms. The fourth-order valence-electron chi connectivity index (χ4n) is 1.24. The van der Waals surface area contributed by atoms with Crippen LogP contribution < -0.4 is 0 Å². The van der Waals surface area contributed by atoms with Gasteiger partial charge in [0.15, 0.2) is 0 Å². The van der Waals surface area contributed by atoms with Crippen LogP contribution in [0.15, 0.2) is 24.5 Å². The van der Waals surface area contributed by atoms with Gasteiger partial charge in [0.05, 0.1) is 18.6 Å². The number of carbonyl (C=O) groups excluding carboxylic acids is 1. The summed E-state index contributed by atoms with van der Waals surface area (Å²) < 4.78 is 0. The molecule has 0 aliphatic heterocycles. The van der Waals surface area contributed by atoms with E-state index in [1.807, 2.05) is 19.9 Å². The van der Waals surface area contributed by atoms with Crippen molar-refractivity contribution in [2.75, 3.05) is 13.7 Å². The van der Waals surface area contributed by atoms with Crippen LogP contribution in [0.2, 0.25) is 0 Å². The molecule has 0 aliphatic rings. The monoisotopic (exact) mass is 222 g/mol. The summed E-state index contributed by atoms with van der Waals surface area (Å²) in [6.45, 7) is 3.60. The molecule has 0 atom stereocenters. The Morgan fingerprint density at radius 1 is 1.56 bits per heavy atom. The molecule has 1 heterocycles. The third kappa shape index (κ3) is 3.03. The van der Waals surface area contributed by atoms with Crippen molar-refractivity contribution in [3.05, 3.63) is 30.1 Å². The number of nitrogens with zero attached hydrogens (tertiary/aromatic N) is 2. The molecule has 1 rings (SSSR count). The maximum Gasteiger partial charge on any atom is 0.227 e. The predicted octanol–water partition coefficient (Wildman–Crippen LogP) is 0.853. The molecule has 0 saturated heterocycles. The first-order chi connectivity index (χ1) is 7.47. The Hall–Kier alpha value is -1.42. The van der Waals surface area contributed by atoms with Crippen LogP contribution in [0.25, 0.3) is 0 Å². The number of amides is 1. The molecule has 1 aromatic rings. The van der Waals surface area contributed by atoms with Gasteiger partial charge in [-0.25, -0.2) is 0 Å². The first-order valence-corrected chi connectivity index (χ1v) is 5.24. The van der Waals surface area contributed by atoms with Crippen LogP contribution in [-0.4, -0.2) is 40.1 Å². The van der Waals surface area contributed by atoms with E-state index in [0.29, 0.717) is 6.42 Å². The van der Waals surface area contributed by atoms with Gasteiger partial charge in [0, 0.05) is 19.4 Å².